The summed E-state index contributed by atoms with van der Waals surface area (Å²) in [5, 5.41) is 2.19. The molecule has 4 nitrogen and oxygen atoms in total. The van der Waals surface area contributed by atoms with E-state index in [0.29, 0.717) is 0 Å². The van der Waals surface area contributed by atoms with Gasteiger partial charge in [-0.2, -0.15) is 0 Å². The second-order valence-corrected chi connectivity index (χ2v) is 10.4. The van der Waals surface area contributed by atoms with Crippen LogP contribution in [0.4, 0.5) is 0 Å². The van der Waals surface area contributed by atoms with E-state index in [9.17, 15) is 0 Å². The highest BCUT2D eigenvalue weighted by atomic mass is 15.1. The standard InChI is InChI=1S/C30H24N4.C7H8.C2H6/c1-21-19-22(15-18-32-21)27-14-13-25-26-20-31-17-16-28(26)34(29(25)33-27)30(2,23-9-5-3-6-10-23)24-11-7-4-8-12-24;1-7-5-3-2-4-6-7;1-2/h3-20H,1-2H3;2-6H,1H3;1-2H3. The molecular formula is C39H38N4. The van der Waals surface area contributed by atoms with Gasteiger partial charge in [0.25, 0.3) is 0 Å². The van der Waals surface area contributed by atoms with E-state index in [0.717, 1.165) is 38.9 Å². The summed E-state index contributed by atoms with van der Waals surface area (Å²) < 4.78 is 2.38. The fourth-order valence-electron chi connectivity index (χ4n) is 5.54. The predicted octanol–water partition coefficient (Wildman–Crippen LogP) is 9.79. The van der Waals surface area contributed by atoms with E-state index in [4.69, 9.17) is 4.98 Å². The highest BCUT2D eigenvalue weighted by molar-refractivity contribution is 6.07. The van der Waals surface area contributed by atoms with Gasteiger partial charge in [0.15, 0.2) is 0 Å². The zero-order chi connectivity index (χ0) is 30.2. The van der Waals surface area contributed by atoms with E-state index in [-0.39, 0.29) is 0 Å². The van der Waals surface area contributed by atoms with Crippen molar-refractivity contribution in [3.63, 3.8) is 0 Å². The molecule has 4 heteroatoms. The van der Waals surface area contributed by atoms with Crippen molar-refractivity contribution in [2.75, 3.05) is 0 Å². The summed E-state index contributed by atoms with van der Waals surface area (Å²) in [4.78, 5) is 14.1. The summed E-state index contributed by atoms with van der Waals surface area (Å²) in [5.74, 6) is 0. The maximum Gasteiger partial charge on any atom is 0.142 e. The quantitative estimate of drug-likeness (QED) is 0.214. The van der Waals surface area contributed by atoms with Gasteiger partial charge in [0.1, 0.15) is 5.65 Å². The molecule has 0 N–H and O–H groups in total. The lowest BCUT2D eigenvalue weighted by Gasteiger charge is -2.34. The largest absolute Gasteiger partial charge is 0.311 e. The topological polar surface area (TPSA) is 43.6 Å². The maximum absolute atomic E-state index is 5.25. The van der Waals surface area contributed by atoms with E-state index in [1.54, 1.807) is 0 Å². The van der Waals surface area contributed by atoms with Gasteiger partial charge in [0.2, 0.25) is 0 Å². The number of aryl methyl sites for hydroxylation is 2. The average Bonchev–Trinajstić information content (AvgIpc) is 3.41. The molecule has 4 aromatic heterocycles. The number of fused-ring (bicyclic) bond motifs is 3. The van der Waals surface area contributed by atoms with Crippen LogP contribution < -0.4 is 0 Å². The van der Waals surface area contributed by atoms with E-state index in [1.165, 1.54) is 16.7 Å². The molecule has 0 bridgehead atoms. The lowest BCUT2D eigenvalue weighted by Crippen LogP contribution is -2.33. The third-order valence-corrected chi connectivity index (χ3v) is 7.67. The van der Waals surface area contributed by atoms with Gasteiger partial charge in [-0.05, 0) is 62.2 Å². The van der Waals surface area contributed by atoms with Gasteiger partial charge in [-0.15, -0.1) is 0 Å². The third kappa shape index (κ3) is 5.96. The van der Waals surface area contributed by atoms with Crippen molar-refractivity contribution in [2.45, 2.75) is 40.2 Å². The van der Waals surface area contributed by atoms with Gasteiger partial charge in [0, 0.05) is 40.6 Å². The summed E-state index contributed by atoms with van der Waals surface area (Å²) in [6.45, 7) is 10.4. The van der Waals surface area contributed by atoms with Gasteiger partial charge in [-0.25, -0.2) is 4.98 Å². The first-order chi connectivity index (χ1) is 21.1. The second kappa shape index (κ2) is 13.3. The van der Waals surface area contributed by atoms with Gasteiger partial charge in [-0.3, -0.25) is 9.97 Å². The summed E-state index contributed by atoms with van der Waals surface area (Å²) >= 11 is 0. The molecule has 0 unspecified atom stereocenters. The Balaban J connectivity index is 0.000000357. The Kier molecular flexibility index (Phi) is 9.07. The Morgan fingerprint density at radius 2 is 1.23 bits per heavy atom. The van der Waals surface area contributed by atoms with Crippen LogP contribution in [-0.4, -0.2) is 19.5 Å². The summed E-state index contributed by atoms with van der Waals surface area (Å²) in [6.07, 6.45) is 5.65. The van der Waals surface area contributed by atoms with E-state index < -0.39 is 5.54 Å². The molecule has 7 aromatic rings. The van der Waals surface area contributed by atoms with Gasteiger partial charge < -0.3 is 4.57 Å². The molecule has 0 aliphatic heterocycles. The van der Waals surface area contributed by atoms with Gasteiger partial charge in [0.05, 0.1) is 16.7 Å². The number of benzene rings is 3. The minimum absolute atomic E-state index is 0.482. The molecule has 0 spiro atoms. The Morgan fingerprint density at radius 1 is 0.628 bits per heavy atom. The van der Waals surface area contributed by atoms with Crippen molar-refractivity contribution in [1.29, 1.82) is 0 Å². The highest BCUT2D eigenvalue weighted by Gasteiger charge is 2.34. The van der Waals surface area contributed by atoms with Crippen LogP contribution in [0, 0.1) is 13.8 Å². The number of nitrogens with zero attached hydrogens (tertiary/aromatic N) is 4. The molecule has 0 aliphatic carbocycles. The number of pyridine rings is 3. The number of hydrogen-bond donors (Lipinski definition) is 0. The molecule has 0 saturated heterocycles. The Bertz CT molecular complexity index is 1870. The van der Waals surface area contributed by atoms with E-state index >= 15 is 0 Å². The predicted molar refractivity (Wildman–Crippen MR) is 180 cm³/mol. The Hall–Kier alpha value is -5.09. The fourth-order valence-corrected chi connectivity index (χ4v) is 5.54. The van der Waals surface area contributed by atoms with Crippen molar-refractivity contribution in [3.05, 3.63) is 162 Å². The smallest absolute Gasteiger partial charge is 0.142 e. The Labute approximate surface area is 254 Å². The van der Waals surface area contributed by atoms with Crippen molar-refractivity contribution >= 4 is 21.9 Å². The van der Waals surface area contributed by atoms with Crippen LogP contribution in [0.2, 0.25) is 0 Å². The Morgan fingerprint density at radius 3 is 1.79 bits per heavy atom. The molecule has 0 radical (unpaired) electrons. The number of hydrogen-bond acceptors (Lipinski definition) is 3. The third-order valence-electron chi connectivity index (χ3n) is 7.67. The minimum Gasteiger partial charge on any atom is -0.311 e. The average molecular weight is 563 g/mol. The fraction of sp³-hybridized carbons (Fsp3) is 0.154. The van der Waals surface area contributed by atoms with Gasteiger partial charge in [-0.1, -0.05) is 110 Å². The first kappa shape index (κ1) is 29.4. The molecule has 4 heterocycles. The molecule has 0 saturated carbocycles. The molecule has 3 aromatic carbocycles. The van der Waals surface area contributed by atoms with Gasteiger partial charge >= 0.3 is 0 Å². The molecule has 0 amide bonds. The van der Waals surface area contributed by atoms with Crippen LogP contribution in [0.15, 0.2) is 140 Å². The minimum atomic E-state index is -0.482. The first-order valence-corrected chi connectivity index (χ1v) is 14.9. The number of aromatic nitrogens is 4. The molecule has 214 valence electrons. The lowest BCUT2D eigenvalue weighted by molar-refractivity contribution is 0.504. The molecule has 0 fully saturated rings. The van der Waals surface area contributed by atoms with Crippen LogP contribution in [-0.2, 0) is 5.54 Å². The first-order valence-electron chi connectivity index (χ1n) is 14.9. The van der Waals surface area contributed by atoms with Crippen LogP contribution in [0.25, 0.3) is 33.2 Å². The summed E-state index contributed by atoms with van der Waals surface area (Å²) in [6, 6.07) is 42.0. The van der Waals surface area contributed by atoms with E-state index in [1.807, 2.05) is 63.6 Å². The van der Waals surface area contributed by atoms with Crippen molar-refractivity contribution in [2.24, 2.45) is 0 Å². The molecule has 7 rings (SSSR count). The highest BCUT2D eigenvalue weighted by Crippen LogP contribution is 2.41. The zero-order valence-electron chi connectivity index (χ0n) is 25.6. The SMILES string of the molecule is CC.Cc1cc(-c2ccc3c4cnccc4n(C(C)(c4ccccc4)c4ccccc4)c3n2)ccn1.Cc1ccccc1. The zero-order valence-corrected chi connectivity index (χ0v) is 25.6. The van der Waals surface area contributed by atoms with Crippen molar-refractivity contribution in [3.8, 4) is 11.3 Å². The lowest BCUT2D eigenvalue weighted by atomic mass is 9.84. The molecular weight excluding hydrogens is 524 g/mol. The van der Waals surface area contributed by atoms with Crippen LogP contribution in [0.3, 0.4) is 0 Å². The second-order valence-electron chi connectivity index (χ2n) is 10.4. The number of rotatable bonds is 4. The van der Waals surface area contributed by atoms with Crippen molar-refractivity contribution in [1.82, 2.24) is 19.5 Å². The van der Waals surface area contributed by atoms with Crippen LogP contribution in [0.1, 0.15) is 43.2 Å². The normalized spacial score (nSPS) is 10.9. The maximum atomic E-state index is 5.25. The summed E-state index contributed by atoms with van der Waals surface area (Å²) in [5.41, 5.74) is 8.24. The van der Waals surface area contributed by atoms with E-state index in [2.05, 4.69) is 125 Å². The summed E-state index contributed by atoms with van der Waals surface area (Å²) in [7, 11) is 0. The molecule has 0 atom stereocenters. The molecule has 0 aliphatic rings. The van der Waals surface area contributed by atoms with Crippen molar-refractivity contribution < 1.29 is 0 Å². The van der Waals surface area contributed by atoms with Crippen LogP contribution in [0.5, 0.6) is 0 Å². The van der Waals surface area contributed by atoms with Crippen LogP contribution >= 0.6 is 0 Å². The monoisotopic (exact) mass is 562 g/mol. The molecule has 43 heavy (non-hydrogen) atoms.